The minimum atomic E-state index is 0.00478. The van der Waals surface area contributed by atoms with Gasteiger partial charge >= 0.3 is 0 Å². The average Bonchev–Trinajstić information content (AvgIpc) is 3.15. The number of aryl methyl sites for hydroxylation is 3. The van der Waals surface area contributed by atoms with E-state index >= 15 is 0 Å². The summed E-state index contributed by atoms with van der Waals surface area (Å²) in [6.07, 6.45) is 20.3. The molecule has 0 aliphatic rings. The maximum atomic E-state index is 11.2. The molecule has 0 saturated heterocycles. The normalized spacial score (nSPS) is 11.3. The van der Waals surface area contributed by atoms with Gasteiger partial charge in [0.2, 0.25) is 0 Å². The van der Waals surface area contributed by atoms with Gasteiger partial charge in [-0.15, -0.1) is 0 Å². The van der Waals surface area contributed by atoms with Gasteiger partial charge in [0, 0.05) is 30.9 Å². The van der Waals surface area contributed by atoms with E-state index in [2.05, 4.69) is 19.1 Å². The average molecular weight is 756 g/mol. The predicted molar refractivity (Wildman–Crippen MR) is 222 cm³/mol. The van der Waals surface area contributed by atoms with E-state index < -0.39 is 0 Å². The lowest BCUT2D eigenvalue weighted by Crippen LogP contribution is -2.03. The Hall–Kier alpha value is -4.21. The van der Waals surface area contributed by atoms with E-state index in [1.165, 1.54) is 64.2 Å². The molecule has 0 amide bonds. The second kappa shape index (κ2) is 24.3. The molecule has 4 N–H and O–H groups in total. The molecule has 0 aliphatic heterocycles. The van der Waals surface area contributed by atoms with Crippen LogP contribution in [0, 0.1) is 20.8 Å². The molecular formula is C46H65N3O6. The number of benzene rings is 3. The van der Waals surface area contributed by atoms with Crippen molar-refractivity contribution in [3.8, 4) is 57.2 Å². The smallest absolute Gasteiger partial charge is 0.167 e. The highest BCUT2D eigenvalue weighted by Gasteiger charge is 2.19. The molecule has 3 aromatic carbocycles. The van der Waals surface area contributed by atoms with Gasteiger partial charge in [0.25, 0.3) is 0 Å². The summed E-state index contributed by atoms with van der Waals surface area (Å²) in [5.74, 6) is 2.24. The fraction of sp³-hybridized carbons (Fsp3) is 0.543. The monoisotopic (exact) mass is 755 g/mol. The lowest BCUT2D eigenvalue weighted by molar-refractivity contribution is 0.282. The number of aromatic hydroxyl groups is 2. The van der Waals surface area contributed by atoms with E-state index in [0.717, 1.165) is 73.6 Å². The molecule has 9 nitrogen and oxygen atoms in total. The van der Waals surface area contributed by atoms with Crippen LogP contribution >= 0.6 is 0 Å². The highest BCUT2D eigenvalue weighted by molar-refractivity contribution is 5.74. The molecule has 0 radical (unpaired) electrons. The Morgan fingerprint density at radius 2 is 0.782 bits per heavy atom. The van der Waals surface area contributed by atoms with Gasteiger partial charge in [-0.2, -0.15) is 0 Å². The first-order valence-electron chi connectivity index (χ1n) is 20.8. The van der Waals surface area contributed by atoms with Crippen molar-refractivity contribution in [2.45, 2.75) is 136 Å². The molecule has 300 valence electrons. The number of aliphatic hydroxyl groups is 2. The van der Waals surface area contributed by atoms with E-state index in [4.69, 9.17) is 34.6 Å². The summed E-state index contributed by atoms with van der Waals surface area (Å²) in [4.78, 5) is 14.5. The number of nitrogens with zero attached hydrogens (tertiary/aromatic N) is 3. The fourth-order valence-corrected chi connectivity index (χ4v) is 7.12. The number of aromatic nitrogens is 3. The van der Waals surface area contributed by atoms with E-state index in [9.17, 15) is 10.2 Å². The number of phenols is 2. The molecule has 4 aromatic rings. The van der Waals surface area contributed by atoms with Gasteiger partial charge in [-0.25, -0.2) is 15.0 Å². The molecule has 0 spiro atoms. The Kier molecular flexibility index (Phi) is 19.3. The van der Waals surface area contributed by atoms with Crippen molar-refractivity contribution >= 4 is 0 Å². The molecule has 0 atom stereocenters. The van der Waals surface area contributed by atoms with Crippen LogP contribution in [0.25, 0.3) is 34.2 Å². The summed E-state index contributed by atoms with van der Waals surface area (Å²) in [5.41, 5.74) is 4.97. The van der Waals surface area contributed by atoms with E-state index in [0.29, 0.717) is 66.5 Å². The highest BCUT2D eigenvalue weighted by Crippen LogP contribution is 2.37. The number of hydrogen-bond acceptors (Lipinski definition) is 9. The Bertz CT molecular complexity index is 1610. The Morgan fingerprint density at radius 1 is 0.436 bits per heavy atom. The lowest BCUT2D eigenvalue weighted by Gasteiger charge is -2.14. The van der Waals surface area contributed by atoms with Crippen LogP contribution in [0.4, 0.5) is 0 Å². The predicted octanol–water partition coefficient (Wildman–Crippen LogP) is 11.0. The molecule has 1 heterocycles. The number of phenolic OH excluding ortho intramolecular Hbond substituents is 2. The molecular weight excluding hydrogens is 691 g/mol. The first kappa shape index (κ1) is 43.5. The summed E-state index contributed by atoms with van der Waals surface area (Å²) in [6, 6.07) is 14.6. The standard InChI is InChI=1S/C46H65N3O6/c1-34-30-35(2)43(36(3)31-34)46-48-44(39-24-22-37(32-41(39)52)54-28-20-16-12-8-4-6-10-14-18-26-50)47-45(49-46)40-25-23-38(33-42(40)53)55-29-21-17-13-9-5-7-11-15-19-27-51/h22-25,30-33,50-53H,4-21,26-29H2,1-3H3. The molecule has 0 unspecified atom stereocenters. The van der Waals surface area contributed by atoms with Crippen molar-refractivity contribution in [2.75, 3.05) is 26.4 Å². The first-order valence-corrected chi connectivity index (χ1v) is 20.8. The molecule has 0 fully saturated rings. The van der Waals surface area contributed by atoms with Crippen LogP contribution in [0.3, 0.4) is 0 Å². The van der Waals surface area contributed by atoms with E-state index in [-0.39, 0.29) is 11.5 Å². The van der Waals surface area contributed by atoms with Gasteiger partial charge in [-0.3, -0.25) is 0 Å². The molecule has 9 heteroatoms. The van der Waals surface area contributed by atoms with Crippen molar-refractivity contribution in [3.63, 3.8) is 0 Å². The van der Waals surface area contributed by atoms with Crippen LogP contribution in [-0.2, 0) is 0 Å². The van der Waals surface area contributed by atoms with Crippen molar-refractivity contribution in [2.24, 2.45) is 0 Å². The molecule has 1 aromatic heterocycles. The fourth-order valence-electron chi connectivity index (χ4n) is 7.12. The highest BCUT2D eigenvalue weighted by atomic mass is 16.5. The van der Waals surface area contributed by atoms with Crippen LogP contribution in [0.5, 0.6) is 23.0 Å². The van der Waals surface area contributed by atoms with Crippen LogP contribution in [-0.4, -0.2) is 61.8 Å². The molecule has 0 saturated carbocycles. The Balaban J connectivity index is 1.41. The molecule has 0 bridgehead atoms. The van der Waals surface area contributed by atoms with Gasteiger partial charge in [-0.05, 0) is 81.8 Å². The quantitative estimate of drug-likeness (QED) is 0.0438. The number of ether oxygens (including phenoxy) is 2. The van der Waals surface area contributed by atoms with Crippen LogP contribution in [0.15, 0.2) is 48.5 Å². The van der Waals surface area contributed by atoms with Crippen LogP contribution < -0.4 is 9.47 Å². The third-order valence-electron chi connectivity index (χ3n) is 10.1. The van der Waals surface area contributed by atoms with Gasteiger partial charge in [0.1, 0.15) is 23.0 Å². The second-order valence-corrected chi connectivity index (χ2v) is 14.9. The maximum absolute atomic E-state index is 11.2. The second-order valence-electron chi connectivity index (χ2n) is 14.9. The summed E-state index contributed by atoms with van der Waals surface area (Å²) in [5, 5.41) is 40.2. The number of aliphatic hydroxyl groups excluding tert-OH is 2. The maximum Gasteiger partial charge on any atom is 0.167 e. The Morgan fingerprint density at radius 3 is 1.15 bits per heavy atom. The zero-order valence-corrected chi connectivity index (χ0v) is 33.6. The number of hydrogen-bond donors (Lipinski definition) is 4. The third kappa shape index (κ3) is 14.8. The lowest BCUT2D eigenvalue weighted by atomic mass is 9.99. The molecule has 4 rings (SSSR count). The third-order valence-corrected chi connectivity index (χ3v) is 10.1. The van der Waals surface area contributed by atoms with Crippen molar-refractivity contribution in [1.29, 1.82) is 0 Å². The Labute approximate surface area is 329 Å². The van der Waals surface area contributed by atoms with Gasteiger partial charge in [0.05, 0.1) is 24.3 Å². The van der Waals surface area contributed by atoms with Crippen molar-refractivity contribution in [3.05, 3.63) is 65.2 Å². The summed E-state index contributed by atoms with van der Waals surface area (Å²) in [7, 11) is 0. The van der Waals surface area contributed by atoms with Gasteiger partial charge in [0.15, 0.2) is 17.5 Å². The van der Waals surface area contributed by atoms with Crippen LogP contribution in [0.2, 0.25) is 0 Å². The number of unbranched alkanes of at least 4 members (excludes halogenated alkanes) is 16. The summed E-state index contributed by atoms with van der Waals surface area (Å²) < 4.78 is 12.0. The van der Waals surface area contributed by atoms with Gasteiger partial charge < -0.3 is 29.9 Å². The van der Waals surface area contributed by atoms with Gasteiger partial charge in [-0.1, -0.05) is 108 Å². The minimum absolute atomic E-state index is 0.00478. The minimum Gasteiger partial charge on any atom is -0.507 e. The topological polar surface area (TPSA) is 138 Å². The van der Waals surface area contributed by atoms with E-state index in [1.54, 1.807) is 24.3 Å². The first-order chi connectivity index (χ1) is 26.8. The summed E-state index contributed by atoms with van der Waals surface area (Å²) in [6.45, 7) is 7.87. The molecule has 55 heavy (non-hydrogen) atoms. The SMILES string of the molecule is Cc1cc(C)c(-c2nc(-c3ccc(OCCCCCCCCCCCO)cc3O)nc(-c3ccc(OCCCCCCCCCCCO)cc3O)n2)c(C)c1. The van der Waals surface area contributed by atoms with Crippen molar-refractivity contribution < 1.29 is 29.9 Å². The zero-order chi connectivity index (χ0) is 39.3. The molecule has 0 aliphatic carbocycles. The summed E-state index contributed by atoms with van der Waals surface area (Å²) >= 11 is 0. The zero-order valence-electron chi connectivity index (χ0n) is 33.6. The van der Waals surface area contributed by atoms with E-state index in [1.807, 2.05) is 26.0 Å². The number of rotatable bonds is 27. The van der Waals surface area contributed by atoms with Crippen molar-refractivity contribution in [1.82, 2.24) is 15.0 Å². The largest absolute Gasteiger partial charge is 0.507 e. The van der Waals surface area contributed by atoms with Crippen LogP contribution in [0.1, 0.15) is 132 Å².